The van der Waals surface area contributed by atoms with Crippen LogP contribution in [-0.2, 0) is 16.0 Å². The van der Waals surface area contributed by atoms with Crippen molar-refractivity contribution in [3.8, 4) is 16.9 Å². The highest BCUT2D eigenvalue weighted by Crippen LogP contribution is 2.30. The molecule has 3 aromatic rings. The van der Waals surface area contributed by atoms with Gasteiger partial charge in [-0.05, 0) is 37.6 Å². The summed E-state index contributed by atoms with van der Waals surface area (Å²) in [7, 11) is 4.75. The predicted octanol–water partition coefficient (Wildman–Crippen LogP) is 4.88. The Morgan fingerprint density at radius 1 is 0.941 bits per heavy atom. The molecule has 178 valence electrons. The maximum atomic E-state index is 12.8. The van der Waals surface area contributed by atoms with Crippen molar-refractivity contribution < 1.29 is 19.1 Å². The van der Waals surface area contributed by atoms with E-state index in [9.17, 15) is 9.59 Å². The number of nitrogens with zero attached hydrogens (tertiary/aromatic N) is 3. The summed E-state index contributed by atoms with van der Waals surface area (Å²) < 4.78 is 11.5. The van der Waals surface area contributed by atoms with E-state index in [2.05, 4.69) is 29.2 Å². The first-order chi connectivity index (χ1) is 16.5. The summed E-state index contributed by atoms with van der Waals surface area (Å²) >= 11 is 0. The highest BCUT2D eigenvalue weighted by molar-refractivity contribution is 6.06. The van der Waals surface area contributed by atoms with Crippen LogP contribution in [0.15, 0.2) is 54.6 Å². The molecule has 0 amide bonds. The zero-order valence-corrected chi connectivity index (χ0v) is 20.0. The molecule has 0 atom stereocenters. The molecule has 0 unspecified atom stereocenters. The smallest absolute Gasteiger partial charge is 0.357 e. The first-order valence-electron chi connectivity index (χ1n) is 11.7. The van der Waals surface area contributed by atoms with Gasteiger partial charge in [0.1, 0.15) is 11.3 Å². The molecule has 0 N–H and O–H groups in total. The fraction of sp³-hybridized carbons (Fsp3) is 0.370. The molecule has 1 saturated carbocycles. The summed E-state index contributed by atoms with van der Waals surface area (Å²) in [5.41, 5.74) is 3.06. The van der Waals surface area contributed by atoms with E-state index in [0.717, 1.165) is 12.1 Å². The molecule has 1 aliphatic rings. The van der Waals surface area contributed by atoms with Crippen LogP contribution in [0.2, 0.25) is 0 Å². The zero-order chi connectivity index (χ0) is 24.1. The minimum Gasteiger partial charge on any atom is -0.465 e. The van der Waals surface area contributed by atoms with Gasteiger partial charge in [0.15, 0.2) is 5.69 Å². The molecule has 4 rings (SSSR count). The Morgan fingerprint density at radius 2 is 1.59 bits per heavy atom. The third-order valence-electron chi connectivity index (χ3n) is 6.51. The second kappa shape index (κ2) is 10.7. The summed E-state index contributed by atoms with van der Waals surface area (Å²) in [4.78, 5) is 27.9. The van der Waals surface area contributed by atoms with Gasteiger partial charge in [0.25, 0.3) is 0 Å². The molecule has 1 fully saturated rings. The van der Waals surface area contributed by atoms with Gasteiger partial charge in [-0.2, -0.15) is 5.10 Å². The SMILES string of the molecule is COC(=O)c1c(-c2ccc(CN(C)C3CCCCC3)cc2)nn(-c2ccccc2)c1C(=O)OC. The van der Waals surface area contributed by atoms with Gasteiger partial charge in [0, 0.05) is 18.2 Å². The second-order valence-corrected chi connectivity index (χ2v) is 8.71. The van der Waals surface area contributed by atoms with Gasteiger partial charge in [-0.15, -0.1) is 0 Å². The van der Waals surface area contributed by atoms with Crippen molar-refractivity contribution in [3.05, 3.63) is 71.4 Å². The number of benzene rings is 2. The maximum Gasteiger partial charge on any atom is 0.357 e. The number of hydrogen-bond donors (Lipinski definition) is 0. The van der Waals surface area contributed by atoms with Gasteiger partial charge in [-0.3, -0.25) is 4.90 Å². The largest absolute Gasteiger partial charge is 0.465 e. The van der Waals surface area contributed by atoms with Crippen LogP contribution in [0.5, 0.6) is 0 Å². The molecule has 2 aromatic carbocycles. The molecule has 7 heteroatoms. The Labute approximate surface area is 200 Å². The van der Waals surface area contributed by atoms with Crippen LogP contribution in [0.3, 0.4) is 0 Å². The molecule has 0 aliphatic heterocycles. The van der Waals surface area contributed by atoms with Crippen LogP contribution >= 0.6 is 0 Å². The molecule has 34 heavy (non-hydrogen) atoms. The number of ether oxygens (including phenoxy) is 2. The topological polar surface area (TPSA) is 73.7 Å². The average Bonchev–Trinajstić information content (AvgIpc) is 3.30. The Bertz CT molecular complexity index is 1130. The van der Waals surface area contributed by atoms with Crippen LogP contribution in [-0.4, -0.2) is 53.9 Å². The number of aromatic nitrogens is 2. The number of carbonyl (C=O) groups is 2. The number of methoxy groups -OCH3 is 2. The lowest BCUT2D eigenvalue weighted by molar-refractivity contribution is 0.0549. The van der Waals surface area contributed by atoms with Crippen LogP contribution in [0, 0.1) is 0 Å². The summed E-state index contributed by atoms with van der Waals surface area (Å²) in [5, 5.41) is 4.66. The first kappa shape index (κ1) is 23.7. The van der Waals surface area contributed by atoms with E-state index in [-0.39, 0.29) is 11.3 Å². The highest BCUT2D eigenvalue weighted by atomic mass is 16.5. The second-order valence-electron chi connectivity index (χ2n) is 8.71. The fourth-order valence-corrected chi connectivity index (χ4v) is 4.66. The maximum absolute atomic E-state index is 12.8. The van der Waals surface area contributed by atoms with Crippen LogP contribution in [0.4, 0.5) is 0 Å². The van der Waals surface area contributed by atoms with Gasteiger partial charge < -0.3 is 9.47 Å². The van der Waals surface area contributed by atoms with E-state index >= 15 is 0 Å². The number of esters is 2. The molecule has 0 bridgehead atoms. The van der Waals surface area contributed by atoms with Crippen molar-refractivity contribution in [2.45, 2.75) is 44.7 Å². The highest BCUT2D eigenvalue weighted by Gasteiger charge is 2.31. The van der Waals surface area contributed by atoms with Crippen LogP contribution < -0.4 is 0 Å². The Kier molecular flexibility index (Phi) is 7.43. The molecule has 7 nitrogen and oxygen atoms in total. The lowest BCUT2D eigenvalue weighted by Gasteiger charge is -2.31. The van der Waals surface area contributed by atoms with Gasteiger partial charge >= 0.3 is 11.9 Å². The van der Waals surface area contributed by atoms with E-state index in [1.165, 1.54) is 56.6 Å². The van der Waals surface area contributed by atoms with Crippen LogP contribution in [0.25, 0.3) is 16.9 Å². The summed E-state index contributed by atoms with van der Waals surface area (Å²) in [5.74, 6) is -1.30. The van der Waals surface area contributed by atoms with Crippen molar-refractivity contribution in [2.75, 3.05) is 21.3 Å². The standard InChI is InChI=1S/C27H31N3O4/c1-29(21-10-6-4-7-11-21)18-19-14-16-20(17-15-19)24-23(26(31)33-2)25(27(32)34-3)30(28-24)22-12-8-5-9-13-22/h5,8-9,12-17,21H,4,6-7,10-11,18H2,1-3H3. The van der Waals surface area contributed by atoms with Crippen LogP contribution in [0.1, 0.15) is 58.5 Å². The lowest BCUT2D eigenvalue weighted by atomic mass is 9.94. The summed E-state index contributed by atoms with van der Waals surface area (Å²) in [6.45, 7) is 0.862. The lowest BCUT2D eigenvalue weighted by Crippen LogP contribution is -2.32. The molecular formula is C27H31N3O4. The zero-order valence-electron chi connectivity index (χ0n) is 20.0. The average molecular weight is 462 g/mol. The van der Waals surface area contributed by atoms with Gasteiger partial charge in [-0.25, -0.2) is 14.3 Å². The third-order valence-corrected chi connectivity index (χ3v) is 6.51. The van der Waals surface area contributed by atoms with Crippen molar-refractivity contribution in [2.24, 2.45) is 0 Å². The number of rotatable bonds is 7. The molecule has 1 heterocycles. The predicted molar refractivity (Wildman–Crippen MR) is 130 cm³/mol. The Morgan fingerprint density at radius 3 is 2.21 bits per heavy atom. The molecule has 1 aromatic heterocycles. The Balaban J connectivity index is 1.71. The fourth-order valence-electron chi connectivity index (χ4n) is 4.66. The molecule has 0 saturated heterocycles. The van der Waals surface area contributed by atoms with E-state index in [1.54, 1.807) is 0 Å². The van der Waals surface area contributed by atoms with Crippen molar-refractivity contribution in [3.63, 3.8) is 0 Å². The third kappa shape index (κ3) is 4.89. The quantitative estimate of drug-likeness (QED) is 0.467. The summed E-state index contributed by atoms with van der Waals surface area (Å²) in [6, 6.07) is 17.8. The first-order valence-corrected chi connectivity index (χ1v) is 11.7. The van der Waals surface area contributed by atoms with Gasteiger partial charge in [-0.1, -0.05) is 61.7 Å². The van der Waals surface area contributed by atoms with Crippen molar-refractivity contribution in [1.82, 2.24) is 14.7 Å². The van der Waals surface area contributed by atoms with E-state index in [1.807, 2.05) is 42.5 Å². The van der Waals surface area contributed by atoms with E-state index in [4.69, 9.17) is 9.47 Å². The van der Waals surface area contributed by atoms with E-state index in [0.29, 0.717) is 17.4 Å². The molecule has 0 spiro atoms. The van der Waals surface area contributed by atoms with Gasteiger partial charge in [0.2, 0.25) is 0 Å². The monoisotopic (exact) mass is 461 g/mol. The summed E-state index contributed by atoms with van der Waals surface area (Å²) in [6.07, 6.45) is 6.45. The number of carbonyl (C=O) groups excluding carboxylic acids is 2. The van der Waals surface area contributed by atoms with E-state index < -0.39 is 11.9 Å². The number of para-hydroxylation sites is 1. The normalized spacial score (nSPS) is 14.2. The number of hydrogen-bond acceptors (Lipinski definition) is 6. The minimum atomic E-state index is -0.659. The molecule has 1 aliphatic carbocycles. The Hall–Kier alpha value is -3.45. The minimum absolute atomic E-state index is 0.0386. The molecule has 0 radical (unpaired) electrons. The molecular weight excluding hydrogens is 430 g/mol. The van der Waals surface area contributed by atoms with Crippen molar-refractivity contribution in [1.29, 1.82) is 0 Å². The van der Waals surface area contributed by atoms with Gasteiger partial charge in [0.05, 0.1) is 19.9 Å². The van der Waals surface area contributed by atoms with Crippen molar-refractivity contribution >= 4 is 11.9 Å².